The van der Waals surface area contributed by atoms with Crippen LogP contribution >= 0.6 is 11.8 Å². The van der Waals surface area contributed by atoms with Crippen molar-refractivity contribution in [3.8, 4) is 0 Å². The average molecular weight is 419 g/mol. The van der Waals surface area contributed by atoms with E-state index in [9.17, 15) is 9.59 Å². The lowest BCUT2D eigenvalue weighted by Gasteiger charge is -2.16. The van der Waals surface area contributed by atoms with E-state index in [1.54, 1.807) is 0 Å². The smallest absolute Gasteiger partial charge is 0.315 e. The standard InChI is InChI=1S/C18H34N4O5S/c19-5-7-25-9-11-27-12-10-26-8-6-20-16(23)4-2-1-3-15-17-14(13-28-15)21-18(24)22-17/h14-15,17H,1-13,19H2,(H,20,23)(H2,21,22,24). The second-order valence-electron chi connectivity index (χ2n) is 6.84. The van der Waals surface area contributed by atoms with Crippen molar-refractivity contribution in [1.29, 1.82) is 0 Å². The van der Waals surface area contributed by atoms with Gasteiger partial charge in [0.1, 0.15) is 0 Å². The van der Waals surface area contributed by atoms with Crippen LogP contribution in [-0.2, 0) is 19.0 Å². The van der Waals surface area contributed by atoms with Gasteiger partial charge in [-0.2, -0.15) is 11.8 Å². The molecular formula is C18H34N4O5S. The molecule has 0 spiro atoms. The molecule has 0 saturated carbocycles. The highest BCUT2D eigenvalue weighted by Gasteiger charge is 2.42. The second-order valence-corrected chi connectivity index (χ2v) is 8.12. The number of ether oxygens (including phenoxy) is 3. The number of hydrogen-bond acceptors (Lipinski definition) is 7. The molecular weight excluding hydrogens is 384 g/mol. The van der Waals surface area contributed by atoms with E-state index in [2.05, 4.69) is 16.0 Å². The van der Waals surface area contributed by atoms with Crippen molar-refractivity contribution in [3.63, 3.8) is 0 Å². The van der Waals surface area contributed by atoms with E-state index in [1.165, 1.54) is 0 Å². The van der Waals surface area contributed by atoms with Gasteiger partial charge in [0.2, 0.25) is 5.91 Å². The van der Waals surface area contributed by atoms with Crippen LogP contribution in [0.4, 0.5) is 4.79 Å². The van der Waals surface area contributed by atoms with Gasteiger partial charge in [-0.25, -0.2) is 4.79 Å². The lowest BCUT2D eigenvalue weighted by molar-refractivity contribution is -0.121. The van der Waals surface area contributed by atoms with E-state index < -0.39 is 0 Å². The third-order valence-corrected chi connectivity index (χ3v) is 6.16. The summed E-state index contributed by atoms with van der Waals surface area (Å²) < 4.78 is 15.9. The van der Waals surface area contributed by atoms with Crippen molar-refractivity contribution in [2.75, 3.05) is 58.5 Å². The number of nitrogens with one attached hydrogen (secondary N) is 3. The summed E-state index contributed by atoms with van der Waals surface area (Å²) in [7, 11) is 0. The molecule has 9 nitrogen and oxygen atoms in total. The molecule has 2 heterocycles. The van der Waals surface area contributed by atoms with Gasteiger partial charge >= 0.3 is 6.03 Å². The van der Waals surface area contributed by atoms with Gasteiger partial charge in [-0.3, -0.25) is 4.79 Å². The number of fused-ring (bicyclic) bond motifs is 1. The SMILES string of the molecule is NCCOCCOCCOCCNC(=O)CCCCC1SCC2NC(=O)NC21. The molecule has 2 aliphatic heterocycles. The van der Waals surface area contributed by atoms with E-state index in [-0.39, 0.29) is 24.0 Å². The highest BCUT2D eigenvalue weighted by atomic mass is 32.2. The molecule has 28 heavy (non-hydrogen) atoms. The fourth-order valence-corrected chi connectivity index (χ4v) is 4.79. The van der Waals surface area contributed by atoms with Crippen LogP contribution < -0.4 is 21.7 Å². The summed E-state index contributed by atoms with van der Waals surface area (Å²) in [5, 5.41) is 9.26. The summed E-state index contributed by atoms with van der Waals surface area (Å²) in [6, 6.07) is 0.455. The quantitative estimate of drug-likeness (QED) is 0.203. The van der Waals surface area contributed by atoms with Crippen LogP contribution in [0.2, 0.25) is 0 Å². The summed E-state index contributed by atoms with van der Waals surface area (Å²) in [5.74, 6) is 1.03. The van der Waals surface area contributed by atoms with Gasteiger partial charge in [-0.05, 0) is 12.8 Å². The first kappa shape index (κ1) is 23.2. The van der Waals surface area contributed by atoms with Crippen molar-refractivity contribution in [2.45, 2.75) is 43.0 Å². The molecule has 162 valence electrons. The molecule has 2 aliphatic rings. The highest BCUT2D eigenvalue weighted by Crippen LogP contribution is 2.33. The molecule has 3 atom stereocenters. The van der Waals surface area contributed by atoms with E-state index in [0.29, 0.717) is 64.4 Å². The Bertz CT molecular complexity index is 471. The Hall–Kier alpha value is -1.07. The lowest BCUT2D eigenvalue weighted by atomic mass is 10.0. The Balaban J connectivity index is 1.34. The van der Waals surface area contributed by atoms with Gasteiger partial charge in [0.05, 0.1) is 51.7 Å². The number of urea groups is 1. The molecule has 0 bridgehead atoms. The van der Waals surface area contributed by atoms with Crippen molar-refractivity contribution >= 4 is 23.7 Å². The molecule has 2 fully saturated rings. The normalized spacial score (nSPS) is 23.3. The fourth-order valence-electron chi connectivity index (χ4n) is 3.25. The molecule has 10 heteroatoms. The van der Waals surface area contributed by atoms with Crippen LogP contribution in [0.15, 0.2) is 0 Å². The molecule has 0 aromatic heterocycles. The first-order valence-electron chi connectivity index (χ1n) is 10.1. The topological polar surface area (TPSA) is 124 Å². The molecule has 2 saturated heterocycles. The van der Waals surface area contributed by atoms with Gasteiger partial charge < -0.3 is 35.9 Å². The molecule has 0 aromatic rings. The molecule has 5 N–H and O–H groups in total. The Morgan fingerprint density at radius 3 is 2.54 bits per heavy atom. The van der Waals surface area contributed by atoms with Gasteiger partial charge in [0, 0.05) is 30.5 Å². The van der Waals surface area contributed by atoms with Gasteiger partial charge in [0.15, 0.2) is 0 Å². The number of carbonyl (C=O) groups is 2. The van der Waals surface area contributed by atoms with Crippen LogP contribution in [0.25, 0.3) is 0 Å². The maximum absolute atomic E-state index is 11.8. The molecule has 0 radical (unpaired) electrons. The van der Waals surface area contributed by atoms with Crippen LogP contribution in [0.3, 0.4) is 0 Å². The molecule has 3 unspecified atom stereocenters. The van der Waals surface area contributed by atoms with E-state index in [1.807, 2.05) is 11.8 Å². The Morgan fingerprint density at radius 2 is 1.79 bits per heavy atom. The van der Waals surface area contributed by atoms with Gasteiger partial charge in [0.25, 0.3) is 0 Å². The van der Waals surface area contributed by atoms with Gasteiger partial charge in [-0.15, -0.1) is 0 Å². The number of nitrogens with two attached hydrogens (primary N) is 1. The average Bonchev–Trinajstić information content (AvgIpc) is 3.22. The molecule has 2 rings (SSSR count). The zero-order valence-corrected chi connectivity index (χ0v) is 17.3. The number of amides is 3. The van der Waals surface area contributed by atoms with Crippen molar-refractivity contribution in [1.82, 2.24) is 16.0 Å². The van der Waals surface area contributed by atoms with Gasteiger partial charge in [-0.1, -0.05) is 6.42 Å². The number of unbranched alkanes of at least 4 members (excludes halogenated alkanes) is 1. The predicted molar refractivity (Wildman–Crippen MR) is 108 cm³/mol. The first-order chi connectivity index (χ1) is 13.7. The van der Waals surface area contributed by atoms with Crippen LogP contribution in [0, 0.1) is 0 Å². The fraction of sp³-hybridized carbons (Fsp3) is 0.889. The minimum Gasteiger partial charge on any atom is -0.378 e. The van der Waals surface area contributed by atoms with Crippen LogP contribution in [0.1, 0.15) is 25.7 Å². The predicted octanol–water partition coefficient (Wildman–Crippen LogP) is -0.163. The minimum absolute atomic E-state index is 0.0509. The summed E-state index contributed by atoms with van der Waals surface area (Å²) in [4.78, 5) is 23.2. The van der Waals surface area contributed by atoms with E-state index in [4.69, 9.17) is 19.9 Å². The summed E-state index contributed by atoms with van der Waals surface area (Å²) in [6.45, 7) is 4.15. The molecule has 0 aliphatic carbocycles. The van der Waals surface area contributed by atoms with E-state index in [0.717, 1.165) is 25.0 Å². The van der Waals surface area contributed by atoms with Crippen molar-refractivity contribution < 1.29 is 23.8 Å². The highest BCUT2D eigenvalue weighted by molar-refractivity contribution is 8.00. The third kappa shape index (κ3) is 8.95. The maximum Gasteiger partial charge on any atom is 0.315 e. The molecule has 3 amide bonds. The summed E-state index contributed by atoms with van der Waals surface area (Å²) in [5.41, 5.74) is 5.31. The largest absolute Gasteiger partial charge is 0.378 e. The first-order valence-corrected chi connectivity index (χ1v) is 11.1. The van der Waals surface area contributed by atoms with E-state index >= 15 is 0 Å². The summed E-state index contributed by atoms with van der Waals surface area (Å²) >= 11 is 1.91. The minimum atomic E-state index is -0.0509. The number of thioether (sulfide) groups is 1. The Kier molecular flexibility index (Phi) is 11.6. The van der Waals surface area contributed by atoms with Crippen molar-refractivity contribution in [2.24, 2.45) is 5.73 Å². The Morgan fingerprint density at radius 1 is 1.07 bits per heavy atom. The lowest BCUT2D eigenvalue weighted by Crippen LogP contribution is -2.36. The monoisotopic (exact) mass is 418 g/mol. The van der Waals surface area contributed by atoms with Crippen molar-refractivity contribution in [3.05, 3.63) is 0 Å². The maximum atomic E-state index is 11.8. The number of hydrogen-bond donors (Lipinski definition) is 4. The Labute approximate surface area is 171 Å². The molecule has 0 aromatic carbocycles. The zero-order valence-electron chi connectivity index (χ0n) is 16.5. The zero-order chi connectivity index (χ0) is 20.0. The third-order valence-electron chi connectivity index (χ3n) is 4.66. The number of rotatable bonds is 16. The number of carbonyl (C=O) groups excluding carboxylic acids is 2. The van der Waals surface area contributed by atoms with Crippen LogP contribution in [-0.4, -0.2) is 87.8 Å². The second kappa shape index (κ2) is 14.0. The van der Waals surface area contributed by atoms with Crippen LogP contribution in [0.5, 0.6) is 0 Å². The summed E-state index contributed by atoms with van der Waals surface area (Å²) in [6.07, 6.45) is 3.42.